The zero-order valence-corrected chi connectivity index (χ0v) is 15.3. The van der Waals surface area contributed by atoms with Crippen LogP contribution in [0.4, 0.5) is 17.2 Å². The van der Waals surface area contributed by atoms with Crippen LogP contribution in [0, 0.1) is 12.8 Å². The topological polar surface area (TPSA) is 54.0 Å². The minimum absolute atomic E-state index is 0.0534. The van der Waals surface area contributed by atoms with Gasteiger partial charge in [-0.1, -0.05) is 35.8 Å². The van der Waals surface area contributed by atoms with Crippen LogP contribution < -0.4 is 10.6 Å². The normalized spacial score (nSPS) is 10.7. The number of hydrogen-bond acceptors (Lipinski definition) is 3. The molecule has 0 spiro atoms. The number of amides is 1. The van der Waals surface area contributed by atoms with Crippen LogP contribution in [-0.4, -0.2) is 10.9 Å². The molecule has 2 aromatic rings. The lowest BCUT2D eigenvalue weighted by Crippen LogP contribution is -2.21. The quantitative estimate of drug-likeness (QED) is 0.722. The van der Waals surface area contributed by atoms with E-state index in [0.717, 1.165) is 34.5 Å². The Kier molecular flexibility index (Phi) is 6.16. The summed E-state index contributed by atoms with van der Waals surface area (Å²) in [6.07, 6.45) is 3.36. The largest absolute Gasteiger partial charge is 0.340 e. The molecule has 0 bridgehead atoms. The van der Waals surface area contributed by atoms with Gasteiger partial charge in [-0.05, 0) is 49.6 Å². The fourth-order valence-corrected chi connectivity index (χ4v) is 2.64. The molecule has 0 fully saturated rings. The Morgan fingerprint density at radius 2 is 1.87 bits per heavy atom. The van der Waals surface area contributed by atoms with Crippen LogP contribution in [0.25, 0.3) is 0 Å². The average molecular weight is 376 g/mol. The third-order valence-electron chi connectivity index (χ3n) is 3.83. The molecular formula is C18H22BrN3O. The van der Waals surface area contributed by atoms with Gasteiger partial charge in [0, 0.05) is 16.1 Å². The van der Waals surface area contributed by atoms with Crippen molar-refractivity contribution >= 4 is 39.0 Å². The van der Waals surface area contributed by atoms with Crippen LogP contribution in [0.3, 0.4) is 0 Å². The number of pyridine rings is 1. The van der Waals surface area contributed by atoms with Gasteiger partial charge in [-0.25, -0.2) is 4.98 Å². The van der Waals surface area contributed by atoms with Gasteiger partial charge in [0.1, 0.15) is 5.82 Å². The Labute approximate surface area is 145 Å². The number of aryl methyl sites for hydroxylation is 1. The van der Waals surface area contributed by atoms with E-state index in [1.165, 1.54) is 5.56 Å². The lowest BCUT2D eigenvalue weighted by atomic mass is 10.0. The standard InChI is InChI=1S/C18H22BrN3O/c1-4-13(5-2)18(23)22-15-8-9-17(20-11-15)21-14-7-6-12(3)16(19)10-14/h6-11,13H,4-5H2,1-3H3,(H,20,21)(H,22,23). The Hall–Kier alpha value is -1.88. The number of rotatable bonds is 6. The molecule has 1 aromatic heterocycles. The van der Waals surface area contributed by atoms with Crippen molar-refractivity contribution in [3.8, 4) is 0 Å². The summed E-state index contributed by atoms with van der Waals surface area (Å²) in [5.74, 6) is 0.846. The maximum Gasteiger partial charge on any atom is 0.227 e. The first-order valence-electron chi connectivity index (χ1n) is 7.83. The van der Waals surface area contributed by atoms with Crippen molar-refractivity contribution in [2.24, 2.45) is 5.92 Å². The van der Waals surface area contributed by atoms with Crippen molar-refractivity contribution in [2.45, 2.75) is 33.6 Å². The second-order valence-corrected chi connectivity index (χ2v) is 6.38. The summed E-state index contributed by atoms with van der Waals surface area (Å²) in [5.41, 5.74) is 2.87. The van der Waals surface area contributed by atoms with Crippen molar-refractivity contribution in [3.63, 3.8) is 0 Å². The molecule has 122 valence electrons. The first kappa shape index (κ1) is 17.5. The molecule has 2 rings (SSSR count). The Balaban J connectivity index is 2.01. The molecule has 1 heterocycles. The monoisotopic (exact) mass is 375 g/mol. The number of nitrogens with zero attached hydrogens (tertiary/aromatic N) is 1. The van der Waals surface area contributed by atoms with Crippen LogP contribution in [0.5, 0.6) is 0 Å². The summed E-state index contributed by atoms with van der Waals surface area (Å²) < 4.78 is 1.05. The van der Waals surface area contributed by atoms with Crippen LogP contribution in [-0.2, 0) is 4.79 Å². The number of nitrogens with one attached hydrogen (secondary N) is 2. The molecule has 1 aromatic carbocycles. The highest BCUT2D eigenvalue weighted by Crippen LogP contribution is 2.23. The van der Waals surface area contributed by atoms with E-state index in [9.17, 15) is 4.79 Å². The predicted molar refractivity (Wildman–Crippen MR) is 99.1 cm³/mol. The molecule has 4 nitrogen and oxygen atoms in total. The van der Waals surface area contributed by atoms with Gasteiger partial charge in [0.2, 0.25) is 5.91 Å². The smallest absolute Gasteiger partial charge is 0.227 e. The summed E-state index contributed by atoms with van der Waals surface area (Å²) in [6.45, 7) is 6.10. The van der Waals surface area contributed by atoms with Gasteiger partial charge < -0.3 is 10.6 Å². The van der Waals surface area contributed by atoms with E-state index < -0.39 is 0 Å². The summed E-state index contributed by atoms with van der Waals surface area (Å²) in [5, 5.41) is 6.16. The van der Waals surface area contributed by atoms with Crippen LogP contribution in [0.2, 0.25) is 0 Å². The summed E-state index contributed by atoms with van der Waals surface area (Å²) >= 11 is 3.52. The highest BCUT2D eigenvalue weighted by atomic mass is 79.9. The molecule has 2 N–H and O–H groups in total. The van der Waals surface area contributed by atoms with E-state index in [1.807, 2.05) is 51.1 Å². The zero-order valence-electron chi connectivity index (χ0n) is 13.7. The summed E-state index contributed by atoms with van der Waals surface area (Å²) in [7, 11) is 0. The fraction of sp³-hybridized carbons (Fsp3) is 0.333. The van der Waals surface area contributed by atoms with Gasteiger partial charge in [-0.3, -0.25) is 4.79 Å². The minimum atomic E-state index is 0.0534. The van der Waals surface area contributed by atoms with Gasteiger partial charge >= 0.3 is 0 Å². The van der Waals surface area contributed by atoms with E-state index >= 15 is 0 Å². The first-order valence-corrected chi connectivity index (χ1v) is 8.62. The molecule has 0 saturated heterocycles. The summed E-state index contributed by atoms with van der Waals surface area (Å²) in [6, 6.07) is 9.77. The van der Waals surface area contributed by atoms with Gasteiger partial charge in [0.05, 0.1) is 11.9 Å². The van der Waals surface area contributed by atoms with Crippen molar-refractivity contribution in [2.75, 3.05) is 10.6 Å². The van der Waals surface area contributed by atoms with Gasteiger partial charge in [0.25, 0.3) is 0 Å². The molecule has 0 aliphatic rings. The molecular weight excluding hydrogens is 354 g/mol. The number of carbonyl (C=O) groups excluding carboxylic acids is 1. The van der Waals surface area contributed by atoms with Crippen LogP contribution in [0.15, 0.2) is 41.0 Å². The van der Waals surface area contributed by atoms with Crippen molar-refractivity contribution in [1.29, 1.82) is 0 Å². The summed E-state index contributed by atoms with van der Waals surface area (Å²) in [4.78, 5) is 16.4. The molecule has 0 aliphatic heterocycles. The maximum atomic E-state index is 12.1. The molecule has 0 unspecified atom stereocenters. The first-order chi connectivity index (χ1) is 11.0. The molecule has 0 atom stereocenters. The second kappa shape index (κ2) is 8.11. The number of anilines is 3. The zero-order chi connectivity index (χ0) is 16.8. The Morgan fingerprint density at radius 1 is 1.17 bits per heavy atom. The molecule has 1 amide bonds. The lowest BCUT2D eigenvalue weighted by Gasteiger charge is -2.13. The van der Waals surface area contributed by atoms with Gasteiger partial charge in [-0.15, -0.1) is 0 Å². The number of aromatic nitrogens is 1. The van der Waals surface area contributed by atoms with E-state index in [2.05, 4.69) is 31.5 Å². The molecule has 0 aliphatic carbocycles. The fourth-order valence-electron chi connectivity index (χ4n) is 2.26. The number of carbonyl (C=O) groups is 1. The van der Waals surface area contributed by atoms with Crippen LogP contribution in [0.1, 0.15) is 32.3 Å². The van der Waals surface area contributed by atoms with Gasteiger partial charge in [0.15, 0.2) is 0 Å². The molecule has 23 heavy (non-hydrogen) atoms. The highest BCUT2D eigenvalue weighted by molar-refractivity contribution is 9.10. The maximum absolute atomic E-state index is 12.1. The Morgan fingerprint density at radius 3 is 2.43 bits per heavy atom. The van der Waals surface area contributed by atoms with Crippen molar-refractivity contribution < 1.29 is 4.79 Å². The minimum Gasteiger partial charge on any atom is -0.340 e. The van der Waals surface area contributed by atoms with Crippen LogP contribution >= 0.6 is 15.9 Å². The molecule has 0 saturated carbocycles. The molecule has 0 radical (unpaired) electrons. The van der Waals surface area contributed by atoms with E-state index in [0.29, 0.717) is 0 Å². The lowest BCUT2D eigenvalue weighted by molar-refractivity contribution is -0.120. The average Bonchev–Trinajstić information content (AvgIpc) is 2.54. The number of hydrogen-bond donors (Lipinski definition) is 2. The van der Waals surface area contributed by atoms with E-state index in [-0.39, 0.29) is 11.8 Å². The van der Waals surface area contributed by atoms with E-state index in [4.69, 9.17) is 0 Å². The van der Waals surface area contributed by atoms with Gasteiger partial charge in [-0.2, -0.15) is 0 Å². The number of benzene rings is 1. The second-order valence-electron chi connectivity index (χ2n) is 5.52. The van der Waals surface area contributed by atoms with Crippen molar-refractivity contribution in [3.05, 3.63) is 46.6 Å². The highest BCUT2D eigenvalue weighted by Gasteiger charge is 2.14. The van der Waals surface area contributed by atoms with E-state index in [1.54, 1.807) is 6.20 Å². The Bertz CT molecular complexity index is 666. The third-order valence-corrected chi connectivity index (χ3v) is 4.69. The number of halogens is 1. The molecule has 5 heteroatoms. The van der Waals surface area contributed by atoms with Crippen molar-refractivity contribution in [1.82, 2.24) is 4.98 Å². The predicted octanol–water partition coefficient (Wildman–Crippen LogP) is 5.27. The SMILES string of the molecule is CCC(CC)C(=O)Nc1ccc(Nc2ccc(C)c(Br)c2)nc1. The third kappa shape index (κ3) is 4.79.